The molecule has 10 heteroatoms. The van der Waals surface area contributed by atoms with Crippen LogP contribution in [0.1, 0.15) is 35.2 Å². The summed E-state index contributed by atoms with van der Waals surface area (Å²) in [7, 11) is 2.82. The number of nitrogens with zero attached hydrogens (tertiary/aromatic N) is 2. The number of aromatic nitrogens is 1. The highest BCUT2D eigenvalue weighted by molar-refractivity contribution is 9.10. The Labute approximate surface area is 254 Å². The molecule has 0 fully saturated rings. The summed E-state index contributed by atoms with van der Waals surface area (Å²) in [5, 5.41) is 0.436. The zero-order valence-electron chi connectivity index (χ0n) is 22.7. The topological polar surface area (TPSA) is 79.1 Å². The van der Waals surface area contributed by atoms with Gasteiger partial charge in [-0.1, -0.05) is 68.7 Å². The number of methoxy groups -OCH3 is 2. The van der Waals surface area contributed by atoms with Crippen molar-refractivity contribution in [2.75, 3.05) is 14.2 Å². The second kappa shape index (κ2) is 12.1. The maximum absolute atomic E-state index is 14.0. The van der Waals surface area contributed by atoms with Crippen LogP contribution in [0, 0.1) is 6.92 Å². The van der Waals surface area contributed by atoms with E-state index >= 15 is 0 Å². The summed E-state index contributed by atoms with van der Waals surface area (Å²) < 4.78 is 19.6. The lowest BCUT2D eigenvalue weighted by molar-refractivity contribution is -0.136. The van der Waals surface area contributed by atoms with Crippen LogP contribution in [0.3, 0.4) is 0 Å². The number of benzene rings is 3. The number of carbonyl (C=O) groups is 1. The van der Waals surface area contributed by atoms with E-state index in [2.05, 4.69) is 20.9 Å². The average molecular weight is 654 g/mol. The normalized spacial score (nSPS) is 14.9. The Hall–Kier alpha value is -3.66. The third-order valence-corrected chi connectivity index (χ3v) is 8.40. The zero-order valence-corrected chi connectivity index (χ0v) is 25.9. The molecule has 210 valence electrons. The van der Waals surface area contributed by atoms with E-state index < -0.39 is 12.0 Å². The van der Waals surface area contributed by atoms with Gasteiger partial charge in [-0.2, -0.15) is 0 Å². The molecule has 0 N–H and O–H groups in total. The second-order valence-corrected chi connectivity index (χ2v) is 11.8. The fourth-order valence-electron chi connectivity index (χ4n) is 4.66. The Morgan fingerprint density at radius 2 is 1.80 bits per heavy atom. The Morgan fingerprint density at radius 1 is 1.07 bits per heavy atom. The van der Waals surface area contributed by atoms with Gasteiger partial charge in [-0.25, -0.2) is 9.79 Å². The number of aryl methyl sites for hydroxylation is 1. The Kier molecular flexibility index (Phi) is 8.49. The molecule has 1 atom stereocenters. The van der Waals surface area contributed by atoms with Gasteiger partial charge in [0.05, 0.1) is 30.0 Å². The lowest BCUT2D eigenvalue weighted by atomic mass is 9.95. The quantitative estimate of drug-likeness (QED) is 0.239. The minimum absolute atomic E-state index is 0.233. The van der Waals surface area contributed by atoms with Gasteiger partial charge >= 0.3 is 5.97 Å². The summed E-state index contributed by atoms with van der Waals surface area (Å²) in [4.78, 5) is 32.1. The molecule has 41 heavy (non-hydrogen) atoms. The Bertz CT molecular complexity index is 1860. The van der Waals surface area contributed by atoms with Gasteiger partial charge < -0.3 is 14.2 Å². The molecule has 1 aliphatic rings. The van der Waals surface area contributed by atoms with Gasteiger partial charge in [-0.15, -0.1) is 0 Å². The van der Waals surface area contributed by atoms with Crippen molar-refractivity contribution in [2.24, 2.45) is 4.99 Å². The predicted molar refractivity (Wildman–Crippen MR) is 163 cm³/mol. The minimum Gasteiger partial charge on any atom is -0.496 e. The smallest absolute Gasteiger partial charge is 0.338 e. The van der Waals surface area contributed by atoms with E-state index in [9.17, 15) is 9.59 Å². The molecule has 2 heterocycles. The van der Waals surface area contributed by atoms with Gasteiger partial charge in [0.2, 0.25) is 0 Å². The van der Waals surface area contributed by atoms with Gasteiger partial charge in [0.15, 0.2) is 4.80 Å². The molecule has 0 aliphatic carbocycles. The molecule has 0 amide bonds. The molecule has 3 aromatic carbocycles. The maximum Gasteiger partial charge on any atom is 0.338 e. The zero-order chi connectivity index (χ0) is 29.3. The standard InChI is InChI=1S/C31H26BrClN2O5S/c1-17-5-7-19(8-6-17)16-40-24-11-9-21(32)13-20(24)14-26-29(36)35-28(23-15-22(33)10-12-25(23)38-3)27(30(37)39-4)18(2)34-31(35)41-26/h5-15,28H,16H2,1-4H3/b26-14-/t28-/m0/s1. The first kappa shape index (κ1) is 28.9. The molecule has 0 bridgehead atoms. The van der Waals surface area contributed by atoms with Crippen molar-refractivity contribution in [3.63, 3.8) is 0 Å². The van der Waals surface area contributed by atoms with Gasteiger partial charge in [0.1, 0.15) is 24.1 Å². The molecule has 5 rings (SSSR count). The van der Waals surface area contributed by atoms with Crippen molar-refractivity contribution in [1.82, 2.24) is 4.57 Å². The molecule has 0 spiro atoms. The Balaban J connectivity index is 1.66. The molecule has 1 aliphatic heterocycles. The van der Waals surface area contributed by atoms with E-state index in [1.54, 1.807) is 31.2 Å². The predicted octanol–water partition coefficient (Wildman–Crippen LogP) is 5.72. The third kappa shape index (κ3) is 5.88. The number of rotatable bonds is 7. The number of hydrogen-bond donors (Lipinski definition) is 0. The summed E-state index contributed by atoms with van der Waals surface area (Å²) in [6.45, 7) is 4.13. The van der Waals surface area contributed by atoms with Crippen LogP contribution >= 0.6 is 38.9 Å². The lowest BCUT2D eigenvalue weighted by Gasteiger charge is -2.25. The molecular formula is C31H26BrClN2O5S. The van der Waals surface area contributed by atoms with Crippen molar-refractivity contribution in [1.29, 1.82) is 0 Å². The van der Waals surface area contributed by atoms with Crippen molar-refractivity contribution >= 4 is 50.9 Å². The number of fused-ring (bicyclic) bond motifs is 1. The van der Waals surface area contributed by atoms with E-state index in [4.69, 9.17) is 25.8 Å². The number of ether oxygens (including phenoxy) is 3. The van der Waals surface area contributed by atoms with Gasteiger partial charge in [-0.05, 0) is 61.9 Å². The largest absolute Gasteiger partial charge is 0.496 e. The van der Waals surface area contributed by atoms with E-state index in [1.165, 1.54) is 35.7 Å². The van der Waals surface area contributed by atoms with Crippen LogP contribution in [0.5, 0.6) is 11.5 Å². The van der Waals surface area contributed by atoms with E-state index in [0.717, 1.165) is 15.6 Å². The van der Waals surface area contributed by atoms with Gasteiger partial charge in [-0.3, -0.25) is 9.36 Å². The Morgan fingerprint density at radius 3 is 2.51 bits per heavy atom. The average Bonchev–Trinajstić information content (AvgIpc) is 3.26. The van der Waals surface area contributed by atoms with E-state index in [-0.39, 0.29) is 11.1 Å². The molecule has 0 saturated heterocycles. The first-order valence-electron chi connectivity index (χ1n) is 12.6. The van der Waals surface area contributed by atoms with Crippen LogP contribution in [0.4, 0.5) is 0 Å². The maximum atomic E-state index is 14.0. The van der Waals surface area contributed by atoms with Crippen LogP contribution in [0.15, 0.2) is 86.2 Å². The van der Waals surface area contributed by atoms with Crippen molar-refractivity contribution < 1.29 is 19.0 Å². The van der Waals surface area contributed by atoms with Crippen molar-refractivity contribution in [2.45, 2.75) is 26.5 Å². The first-order valence-corrected chi connectivity index (χ1v) is 14.6. The van der Waals surface area contributed by atoms with Crippen LogP contribution in [-0.2, 0) is 16.1 Å². The molecule has 0 radical (unpaired) electrons. The summed E-state index contributed by atoms with van der Waals surface area (Å²) in [5.74, 6) is 0.509. The molecule has 7 nitrogen and oxygen atoms in total. The van der Waals surface area contributed by atoms with E-state index in [0.29, 0.717) is 43.7 Å². The molecule has 0 unspecified atom stereocenters. The number of halogens is 2. The molecule has 1 aromatic heterocycles. The van der Waals surface area contributed by atoms with Crippen LogP contribution in [0.2, 0.25) is 5.02 Å². The van der Waals surface area contributed by atoms with Crippen LogP contribution < -0.4 is 24.4 Å². The molecular weight excluding hydrogens is 628 g/mol. The SMILES string of the molecule is COC(=O)C1=C(C)N=c2s/c(=C\c3cc(Br)ccc3OCc3ccc(C)cc3)c(=O)n2[C@H]1c1cc(Cl)ccc1OC. The van der Waals surface area contributed by atoms with Crippen LogP contribution in [-0.4, -0.2) is 24.8 Å². The summed E-state index contributed by atoms with van der Waals surface area (Å²) in [5.41, 5.74) is 3.83. The van der Waals surface area contributed by atoms with Crippen molar-refractivity contribution in [3.8, 4) is 11.5 Å². The highest BCUT2D eigenvalue weighted by atomic mass is 79.9. The summed E-state index contributed by atoms with van der Waals surface area (Å²) >= 11 is 11.1. The minimum atomic E-state index is -0.853. The van der Waals surface area contributed by atoms with Gasteiger partial charge in [0.25, 0.3) is 5.56 Å². The molecule has 0 saturated carbocycles. The monoisotopic (exact) mass is 652 g/mol. The fourth-order valence-corrected chi connectivity index (χ4v) is 6.25. The van der Waals surface area contributed by atoms with E-state index in [1.807, 2.05) is 49.4 Å². The number of thiazole rings is 1. The highest BCUT2D eigenvalue weighted by Crippen LogP contribution is 2.37. The number of carbonyl (C=O) groups excluding carboxylic acids is 1. The number of allylic oxidation sites excluding steroid dienone is 1. The number of hydrogen-bond acceptors (Lipinski definition) is 7. The number of esters is 1. The lowest BCUT2D eigenvalue weighted by Crippen LogP contribution is -2.40. The fraction of sp³-hybridized carbons (Fsp3) is 0.194. The molecule has 4 aromatic rings. The first-order chi connectivity index (χ1) is 19.7. The second-order valence-electron chi connectivity index (χ2n) is 9.42. The third-order valence-electron chi connectivity index (χ3n) is 6.69. The van der Waals surface area contributed by atoms with Crippen molar-refractivity contribution in [3.05, 3.63) is 123 Å². The summed E-state index contributed by atoms with van der Waals surface area (Å²) in [6, 6.07) is 18.0. The van der Waals surface area contributed by atoms with Gasteiger partial charge in [0, 0.05) is 20.6 Å². The summed E-state index contributed by atoms with van der Waals surface area (Å²) in [6.07, 6.45) is 1.78. The highest BCUT2D eigenvalue weighted by Gasteiger charge is 2.35. The van der Waals surface area contributed by atoms with Crippen LogP contribution in [0.25, 0.3) is 6.08 Å².